The summed E-state index contributed by atoms with van der Waals surface area (Å²) in [5.41, 5.74) is 3.88. The number of nitrogens with one attached hydrogen (secondary N) is 1. The fourth-order valence-electron chi connectivity index (χ4n) is 2.95. The number of benzene rings is 3. The second-order valence-electron chi connectivity index (χ2n) is 6.52. The Hall–Kier alpha value is -2.91. The molecular formula is C23H24N2O. The molecule has 0 fully saturated rings. The summed E-state index contributed by atoms with van der Waals surface area (Å²) in [6.07, 6.45) is 0. The van der Waals surface area contributed by atoms with E-state index in [1.165, 1.54) is 5.56 Å². The maximum atomic E-state index is 12.5. The van der Waals surface area contributed by atoms with Gasteiger partial charge in [0.1, 0.15) is 0 Å². The molecule has 0 bridgehead atoms. The molecule has 1 amide bonds. The highest BCUT2D eigenvalue weighted by Gasteiger charge is 2.13. The molecule has 3 rings (SSSR count). The maximum absolute atomic E-state index is 12.5. The van der Waals surface area contributed by atoms with Crippen molar-refractivity contribution in [3.8, 4) is 0 Å². The molecule has 0 aliphatic heterocycles. The van der Waals surface area contributed by atoms with Crippen LogP contribution in [0.25, 0.3) is 0 Å². The first-order valence-corrected chi connectivity index (χ1v) is 8.84. The molecule has 0 aliphatic carbocycles. The van der Waals surface area contributed by atoms with E-state index >= 15 is 0 Å². The first kappa shape index (κ1) is 17.9. The average molecular weight is 344 g/mol. The minimum absolute atomic E-state index is 0.0863. The van der Waals surface area contributed by atoms with Crippen molar-refractivity contribution in [3.05, 3.63) is 102 Å². The topological polar surface area (TPSA) is 32.3 Å². The SMILES string of the molecule is CC(c1ccccc1)N(C)Cc1cccc(C(=O)Nc2ccccc2)c1. The van der Waals surface area contributed by atoms with Gasteiger partial charge in [0.15, 0.2) is 0 Å². The number of anilines is 1. The van der Waals surface area contributed by atoms with E-state index in [0.29, 0.717) is 11.6 Å². The lowest BCUT2D eigenvalue weighted by molar-refractivity contribution is 0.102. The van der Waals surface area contributed by atoms with E-state index in [1.54, 1.807) is 0 Å². The van der Waals surface area contributed by atoms with Crippen LogP contribution < -0.4 is 5.32 Å². The van der Waals surface area contributed by atoms with Gasteiger partial charge in [-0.15, -0.1) is 0 Å². The number of hydrogen-bond acceptors (Lipinski definition) is 2. The van der Waals surface area contributed by atoms with Crippen molar-refractivity contribution in [2.75, 3.05) is 12.4 Å². The minimum Gasteiger partial charge on any atom is -0.322 e. The lowest BCUT2D eigenvalue weighted by Crippen LogP contribution is -2.22. The van der Waals surface area contributed by atoms with Gasteiger partial charge in [-0.25, -0.2) is 0 Å². The molecule has 1 unspecified atom stereocenters. The van der Waals surface area contributed by atoms with Crippen LogP contribution in [-0.4, -0.2) is 17.9 Å². The van der Waals surface area contributed by atoms with Gasteiger partial charge in [0.25, 0.3) is 5.91 Å². The second-order valence-corrected chi connectivity index (χ2v) is 6.52. The van der Waals surface area contributed by atoms with Gasteiger partial charge in [-0.3, -0.25) is 9.69 Å². The summed E-state index contributed by atoms with van der Waals surface area (Å²) < 4.78 is 0. The van der Waals surface area contributed by atoms with Crippen molar-refractivity contribution in [3.63, 3.8) is 0 Å². The summed E-state index contributed by atoms with van der Waals surface area (Å²) in [5.74, 6) is -0.0863. The van der Waals surface area contributed by atoms with Gasteiger partial charge in [0.2, 0.25) is 0 Å². The van der Waals surface area contributed by atoms with Gasteiger partial charge in [-0.1, -0.05) is 60.7 Å². The molecule has 0 radical (unpaired) electrons. The summed E-state index contributed by atoms with van der Waals surface area (Å²) in [6.45, 7) is 2.98. The monoisotopic (exact) mass is 344 g/mol. The minimum atomic E-state index is -0.0863. The van der Waals surface area contributed by atoms with Crippen LogP contribution in [-0.2, 0) is 6.54 Å². The van der Waals surface area contributed by atoms with E-state index in [9.17, 15) is 4.79 Å². The number of nitrogens with zero attached hydrogens (tertiary/aromatic N) is 1. The third kappa shape index (κ3) is 4.58. The van der Waals surface area contributed by atoms with E-state index in [1.807, 2.05) is 54.6 Å². The summed E-state index contributed by atoms with van der Waals surface area (Å²) in [4.78, 5) is 14.8. The summed E-state index contributed by atoms with van der Waals surface area (Å²) in [6, 6.07) is 28.1. The van der Waals surface area contributed by atoms with Crippen LogP contribution >= 0.6 is 0 Å². The van der Waals surface area contributed by atoms with Gasteiger partial charge in [0, 0.05) is 23.8 Å². The Morgan fingerprint density at radius 1 is 0.923 bits per heavy atom. The predicted octanol–water partition coefficient (Wildman–Crippen LogP) is 5.13. The van der Waals surface area contributed by atoms with Crippen LogP contribution in [0.3, 0.4) is 0 Å². The molecule has 3 aromatic carbocycles. The Balaban J connectivity index is 1.68. The molecule has 1 atom stereocenters. The molecule has 3 heteroatoms. The number of amides is 1. The molecule has 0 saturated heterocycles. The smallest absolute Gasteiger partial charge is 0.255 e. The van der Waals surface area contributed by atoms with E-state index < -0.39 is 0 Å². The lowest BCUT2D eigenvalue weighted by atomic mass is 10.1. The number of rotatable bonds is 6. The van der Waals surface area contributed by atoms with Crippen LogP contribution in [0.5, 0.6) is 0 Å². The molecule has 132 valence electrons. The van der Waals surface area contributed by atoms with E-state index in [2.05, 4.69) is 54.5 Å². The lowest BCUT2D eigenvalue weighted by Gasteiger charge is -2.25. The van der Waals surface area contributed by atoms with E-state index in [0.717, 1.165) is 17.8 Å². The molecule has 0 saturated carbocycles. The molecule has 3 aromatic rings. The first-order chi connectivity index (χ1) is 12.6. The standard InChI is InChI=1S/C23H24N2O/c1-18(20-11-5-3-6-12-20)25(2)17-19-10-9-13-21(16-19)23(26)24-22-14-7-4-8-15-22/h3-16,18H,17H2,1-2H3,(H,24,26). The highest BCUT2D eigenvalue weighted by Crippen LogP contribution is 2.21. The molecule has 1 N–H and O–H groups in total. The largest absolute Gasteiger partial charge is 0.322 e. The predicted molar refractivity (Wildman–Crippen MR) is 107 cm³/mol. The van der Waals surface area contributed by atoms with E-state index in [-0.39, 0.29) is 5.91 Å². The summed E-state index contributed by atoms with van der Waals surface area (Å²) in [5, 5.41) is 2.93. The quantitative estimate of drug-likeness (QED) is 0.672. The Bertz CT molecular complexity index is 846. The van der Waals surface area contributed by atoms with E-state index in [4.69, 9.17) is 0 Å². The third-order valence-electron chi connectivity index (χ3n) is 4.60. The summed E-state index contributed by atoms with van der Waals surface area (Å²) in [7, 11) is 2.11. The Morgan fingerprint density at radius 2 is 1.58 bits per heavy atom. The first-order valence-electron chi connectivity index (χ1n) is 8.84. The van der Waals surface area contributed by atoms with Crippen molar-refractivity contribution >= 4 is 11.6 Å². The number of para-hydroxylation sites is 1. The number of carbonyl (C=O) groups excluding carboxylic acids is 1. The Kier molecular flexibility index (Phi) is 5.82. The van der Waals surface area contributed by atoms with Crippen LogP contribution in [0.4, 0.5) is 5.69 Å². The van der Waals surface area contributed by atoms with Crippen molar-refractivity contribution in [2.24, 2.45) is 0 Å². The maximum Gasteiger partial charge on any atom is 0.255 e. The van der Waals surface area contributed by atoms with Crippen LogP contribution in [0.2, 0.25) is 0 Å². The average Bonchev–Trinajstić information content (AvgIpc) is 2.69. The Morgan fingerprint density at radius 3 is 2.27 bits per heavy atom. The summed E-state index contributed by atoms with van der Waals surface area (Å²) >= 11 is 0. The van der Waals surface area contributed by atoms with Gasteiger partial charge in [-0.2, -0.15) is 0 Å². The van der Waals surface area contributed by atoms with Gasteiger partial charge < -0.3 is 5.32 Å². The third-order valence-corrected chi connectivity index (χ3v) is 4.60. The van der Waals surface area contributed by atoms with Crippen molar-refractivity contribution in [1.82, 2.24) is 4.90 Å². The van der Waals surface area contributed by atoms with Crippen LogP contribution in [0.15, 0.2) is 84.9 Å². The zero-order chi connectivity index (χ0) is 18.4. The zero-order valence-corrected chi connectivity index (χ0v) is 15.2. The molecule has 0 heterocycles. The molecule has 3 nitrogen and oxygen atoms in total. The molecular weight excluding hydrogens is 320 g/mol. The highest BCUT2D eigenvalue weighted by atomic mass is 16.1. The zero-order valence-electron chi connectivity index (χ0n) is 15.2. The Labute approximate surface area is 155 Å². The molecule has 0 spiro atoms. The second kappa shape index (κ2) is 8.45. The fourth-order valence-corrected chi connectivity index (χ4v) is 2.95. The van der Waals surface area contributed by atoms with Crippen molar-refractivity contribution in [1.29, 1.82) is 0 Å². The number of carbonyl (C=O) groups is 1. The van der Waals surface area contributed by atoms with Gasteiger partial charge in [0.05, 0.1) is 0 Å². The normalized spacial score (nSPS) is 12.0. The molecule has 0 aliphatic rings. The van der Waals surface area contributed by atoms with Crippen LogP contribution in [0.1, 0.15) is 34.5 Å². The van der Waals surface area contributed by atoms with Gasteiger partial charge >= 0.3 is 0 Å². The van der Waals surface area contributed by atoms with Crippen molar-refractivity contribution < 1.29 is 4.79 Å². The fraction of sp³-hybridized carbons (Fsp3) is 0.174. The number of hydrogen-bond donors (Lipinski definition) is 1. The molecule has 26 heavy (non-hydrogen) atoms. The van der Waals surface area contributed by atoms with Crippen molar-refractivity contribution in [2.45, 2.75) is 19.5 Å². The molecule has 0 aromatic heterocycles. The highest BCUT2D eigenvalue weighted by molar-refractivity contribution is 6.04. The van der Waals surface area contributed by atoms with Crippen LogP contribution in [0, 0.1) is 0 Å². The van der Waals surface area contributed by atoms with Gasteiger partial charge in [-0.05, 0) is 49.4 Å².